The Morgan fingerprint density at radius 2 is 0.684 bits per heavy atom. The zero-order chi connectivity index (χ0) is 26.3. The van der Waals surface area contributed by atoms with Gasteiger partial charge < -0.3 is 11.5 Å². The minimum Gasteiger partial charge on any atom is -0.399 e. The summed E-state index contributed by atoms with van der Waals surface area (Å²) in [4.78, 5) is 0. The Morgan fingerprint density at radius 3 is 1.08 bits per heavy atom. The van der Waals surface area contributed by atoms with Crippen LogP contribution in [0.25, 0.3) is 0 Å². The van der Waals surface area contributed by atoms with Crippen molar-refractivity contribution in [1.29, 1.82) is 0 Å². The first kappa shape index (κ1) is 25.4. The van der Waals surface area contributed by atoms with Crippen LogP contribution in [0.4, 0.5) is 11.4 Å². The summed E-state index contributed by atoms with van der Waals surface area (Å²) < 4.78 is 0. The maximum Gasteiger partial charge on any atom is 0.0314 e. The summed E-state index contributed by atoms with van der Waals surface area (Å²) in [5.74, 6) is 0. The average molecular weight is 497 g/mol. The number of nitrogen functional groups attached to an aromatic ring is 2. The Balaban J connectivity index is 1.21. The molecule has 5 aromatic carbocycles. The summed E-state index contributed by atoms with van der Waals surface area (Å²) in [5, 5.41) is 0. The highest BCUT2D eigenvalue weighted by molar-refractivity contribution is 5.43. The lowest BCUT2D eigenvalue weighted by atomic mass is 9.93. The summed E-state index contributed by atoms with van der Waals surface area (Å²) in [6.45, 7) is 2.25. The second-order valence-corrected chi connectivity index (χ2v) is 10.3. The van der Waals surface area contributed by atoms with Crippen molar-refractivity contribution in [2.24, 2.45) is 0 Å². The normalized spacial score (nSPS) is 11.0. The fraction of sp³-hybridized carbons (Fsp3) is 0.167. The number of benzene rings is 5. The van der Waals surface area contributed by atoms with Gasteiger partial charge >= 0.3 is 0 Å². The van der Waals surface area contributed by atoms with E-state index >= 15 is 0 Å². The number of hydrogen-bond acceptors (Lipinski definition) is 2. The molecule has 0 aliphatic carbocycles. The molecular weight excluding hydrogens is 460 g/mol. The van der Waals surface area contributed by atoms with Crippen LogP contribution in [0.5, 0.6) is 0 Å². The van der Waals surface area contributed by atoms with E-state index in [2.05, 4.69) is 97.9 Å². The van der Waals surface area contributed by atoms with Crippen molar-refractivity contribution in [1.82, 2.24) is 0 Å². The molecule has 0 radical (unpaired) electrons. The van der Waals surface area contributed by atoms with Gasteiger partial charge in [0.05, 0.1) is 0 Å². The van der Waals surface area contributed by atoms with Crippen LogP contribution in [0, 0.1) is 0 Å². The first-order valence-electron chi connectivity index (χ1n) is 13.5. The molecule has 0 heterocycles. The highest BCUT2D eigenvalue weighted by atomic mass is 14.5. The lowest BCUT2D eigenvalue weighted by Crippen LogP contribution is -1.98. The van der Waals surface area contributed by atoms with Crippen LogP contribution in [-0.2, 0) is 32.1 Å². The molecule has 2 nitrogen and oxygen atoms in total. The summed E-state index contributed by atoms with van der Waals surface area (Å²) in [6, 6.07) is 41.4. The quantitative estimate of drug-likeness (QED) is 0.205. The highest BCUT2D eigenvalue weighted by Crippen LogP contribution is 2.21. The Labute approximate surface area is 227 Å². The van der Waals surface area contributed by atoms with Gasteiger partial charge in [-0.1, -0.05) is 97.9 Å². The molecular formula is C36H36N2. The third-order valence-electron chi connectivity index (χ3n) is 7.28. The molecule has 190 valence electrons. The third-order valence-corrected chi connectivity index (χ3v) is 7.28. The van der Waals surface area contributed by atoms with Crippen molar-refractivity contribution in [2.45, 2.75) is 39.0 Å². The van der Waals surface area contributed by atoms with Crippen molar-refractivity contribution in [3.63, 3.8) is 0 Å². The first-order chi connectivity index (χ1) is 18.5. The zero-order valence-electron chi connectivity index (χ0n) is 22.2. The number of anilines is 2. The van der Waals surface area contributed by atoms with Crippen LogP contribution in [0.1, 0.15) is 57.0 Å². The smallest absolute Gasteiger partial charge is 0.0314 e. The van der Waals surface area contributed by atoms with Crippen LogP contribution in [-0.4, -0.2) is 0 Å². The number of rotatable bonds is 9. The summed E-state index contributed by atoms with van der Waals surface area (Å²) in [7, 11) is 0. The fourth-order valence-corrected chi connectivity index (χ4v) is 5.04. The molecule has 0 unspecified atom stereocenters. The lowest BCUT2D eigenvalue weighted by molar-refractivity contribution is 1.04. The molecule has 0 aliphatic rings. The average Bonchev–Trinajstić information content (AvgIpc) is 2.94. The molecule has 0 fully saturated rings. The van der Waals surface area contributed by atoms with Gasteiger partial charge in [0, 0.05) is 11.4 Å². The van der Waals surface area contributed by atoms with Crippen LogP contribution < -0.4 is 11.5 Å². The van der Waals surface area contributed by atoms with E-state index in [-0.39, 0.29) is 0 Å². The van der Waals surface area contributed by atoms with Crippen molar-refractivity contribution < 1.29 is 0 Å². The van der Waals surface area contributed by atoms with Gasteiger partial charge in [0.25, 0.3) is 0 Å². The molecule has 2 heteroatoms. The fourth-order valence-electron chi connectivity index (χ4n) is 5.04. The van der Waals surface area contributed by atoms with Gasteiger partial charge in [-0.3, -0.25) is 0 Å². The molecule has 0 aromatic heterocycles. The van der Waals surface area contributed by atoms with Crippen LogP contribution in [0.15, 0.2) is 115 Å². The van der Waals surface area contributed by atoms with Crippen LogP contribution in [0.2, 0.25) is 0 Å². The number of nitrogens with two attached hydrogens (primary N) is 2. The molecule has 0 spiro atoms. The van der Waals surface area contributed by atoms with Crippen LogP contribution in [0.3, 0.4) is 0 Å². The SMILES string of the molecule is CCc1cc(Cc2ccc(Cc3ccc(N)cc3)cc2)ccc1Cc1ccc(Cc2ccc(N)cc2)cc1. The predicted molar refractivity (Wildman–Crippen MR) is 162 cm³/mol. The van der Waals surface area contributed by atoms with Gasteiger partial charge in [0.1, 0.15) is 0 Å². The molecule has 0 aliphatic heterocycles. The van der Waals surface area contributed by atoms with Crippen LogP contribution >= 0.6 is 0 Å². The van der Waals surface area contributed by atoms with E-state index in [1.807, 2.05) is 24.3 Å². The monoisotopic (exact) mass is 496 g/mol. The second kappa shape index (κ2) is 11.8. The molecule has 0 bridgehead atoms. The Kier molecular flexibility index (Phi) is 7.89. The standard InChI is InChI=1S/C36H36N2/c1-2-33-25-32(23-28-5-3-26(4-6-28)21-29-12-17-35(37)18-13-29)11-16-34(33)24-31-9-7-27(8-10-31)22-30-14-19-36(38)20-15-30/h3-20,25H,2,21-24,37-38H2,1H3. The van der Waals surface area contributed by atoms with E-state index in [0.717, 1.165) is 43.5 Å². The maximum absolute atomic E-state index is 5.81. The van der Waals surface area contributed by atoms with Crippen molar-refractivity contribution in [2.75, 3.05) is 11.5 Å². The van der Waals surface area contributed by atoms with E-state index < -0.39 is 0 Å². The van der Waals surface area contributed by atoms with Crippen molar-refractivity contribution >= 4 is 11.4 Å². The Hall–Kier alpha value is -4.30. The minimum atomic E-state index is 0.810. The molecule has 0 saturated heterocycles. The summed E-state index contributed by atoms with van der Waals surface area (Å²) in [6.07, 6.45) is 4.81. The van der Waals surface area contributed by atoms with Gasteiger partial charge in [0.2, 0.25) is 0 Å². The molecule has 0 saturated carbocycles. The predicted octanol–water partition coefficient (Wildman–Crippen LogP) is 7.78. The van der Waals surface area contributed by atoms with Gasteiger partial charge in [-0.15, -0.1) is 0 Å². The summed E-state index contributed by atoms with van der Waals surface area (Å²) >= 11 is 0. The van der Waals surface area contributed by atoms with Gasteiger partial charge in [0.15, 0.2) is 0 Å². The van der Waals surface area contributed by atoms with E-state index in [4.69, 9.17) is 11.5 Å². The minimum absolute atomic E-state index is 0.810. The Morgan fingerprint density at radius 1 is 0.368 bits per heavy atom. The topological polar surface area (TPSA) is 52.0 Å². The van der Waals surface area contributed by atoms with E-state index in [9.17, 15) is 0 Å². The van der Waals surface area contributed by atoms with E-state index in [1.165, 1.54) is 50.1 Å². The van der Waals surface area contributed by atoms with Gasteiger partial charge in [-0.2, -0.15) is 0 Å². The maximum atomic E-state index is 5.81. The van der Waals surface area contributed by atoms with Crippen molar-refractivity contribution in [3.05, 3.63) is 165 Å². The van der Waals surface area contributed by atoms with E-state index in [1.54, 1.807) is 0 Å². The molecule has 5 aromatic rings. The number of hydrogen-bond donors (Lipinski definition) is 2. The number of aryl methyl sites for hydroxylation is 1. The zero-order valence-corrected chi connectivity index (χ0v) is 22.2. The molecule has 0 amide bonds. The third kappa shape index (κ3) is 6.72. The van der Waals surface area contributed by atoms with Gasteiger partial charge in [-0.05, 0) is 106 Å². The molecule has 4 N–H and O–H groups in total. The second-order valence-electron chi connectivity index (χ2n) is 10.3. The summed E-state index contributed by atoms with van der Waals surface area (Å²) in [5.41, 5.74) is 25.4. The first-order valence-corrected chi connectivity index (χ1v) is 13.5. The van der Waals surface area contributed by atoms with E-state index in [0.29, 0.717) is 0 Å². The van der Waals surface area contributed by atoms with Crippen molar-refractivity contribution in [3.8, 4) is 0 Å². The molecule has 0 atom stereocenters. The lowest BCUT2D eigenvalue weighted by Gasteiger charge is -2.12. The van der Waals surface area contributed by atoms with Gasteiger partial charge in [-0.25, -0.2) is 0 Å². The molecule has 38 heavy (non-hydrogen) atoms. The highest BCUT2D eigenvalue weighted by Gasteiger charge is 2.07. The largest absolute Gasteiger partial charge is 0.399 e. The molecule has 5 rings (SSSR count). The Bertz CT molecular complexity index is 1460.